The number of rotatable bonds is 7. The molecule has 1 N–H and O–H groups in total. The van der Waals surface area contributed by atoms with Gasteiger partial charge in [-0.25, -0.2) is 10.2 Å². The number of methoxy groups -OCH3 is 1. The van der Waals surface area contributed by atoms with Gasteiger partial charge in [-0.05, 0) is 35.4 Å². The minimum Gasteiger partial charge on any atom is -0.465 e. The number of hydrogen-bond donors (Lipinski definition) is 1. The van der Waals surface area contributed by atoms with Gasteiger partial charge < -0.3 is 9.30 Å². The Kier molecular flexibility index (Phi) is 6.75. The van der Waals surface area contributed by atoms with Crippen LogP contribution in [0.1, 0.15) is 31.8 Å². The Labute approximate surface area is 172 Å². The molecule has 29 heavy (non-hydrogen) atoms. The van der Waals surface area contributed by atoms with E-state index in [0.29, 0.717) is 11.1 Å². The highest BCUT2D eigenvalue weighted by Gasteiger charge is 2.06. The van der Waals surface area contributed by atoms with Crippen LogP contribution in [-0.2, 0) is 17.5 Å². The fraction of sp³-hybridized carbons (Fsp3) is 0.150. The summed E-state index contributed by atoms with van der Waals surface area (Å²) in [7, 11) is 3.22. The molecule has 9 heteroatoms. The molecule has 0 aliphatic rings. The maximum absolute atomic E-state index is 12.2. The van der Waals surface area contributed by atoms with Gasteiger partial charge in [-0.1, -0.05) is 36.0 Å². The van der Waals surface area contributed by atoms with E-state index in [1.54, 1.807) is 54.5 Å². The quantitative estimate of drug-likeness (QED) is 0.279. The van der Waals surface area contributed by atoms with Crippen molar-refractivity contribution in [3.8, 4) is 0 Å². The van der Waals surface area contributed by atoms with E-state index < -0.39 is 5.97 Å². The average Bonchev–Trinajstić information content (AvgIpc) is 3.17. The second-order valence-electron chi connectivity index (χ2n) is 6.02. The number of thioether (sulfide) groups is 1. The molecule has 3 rings (SSSR count). The zero-order valence-corrected chi connectivity index (χ0v) is 16.7. The molecule has 0 saturated heterocycles. The Bertz CT molecular complexity index is 1010. The third kappa shape index (κ3) is 5.52. The lowest BCUT2D eigenvalue weighted by molar-refractivity contribution is 0.0600. The summed E-state index contributed by atoms with van der Waals surface area (Å²) in [5.41, 5.74) is 5.27. The highest BCUT2D eigenvalue weighted by Crippen LogP contribution is 2.20. The van der Waals surface area contributed by atoms with Gasteiger partial charge in [-0.2, -0.15) is 5.10 Å². The summed E-state index contributed by atoms with van der Waals surface area (Å²) < 4.78 is 6.50. The third-order valence-corrected chi connectivity index (χ3v) is 5.07. The van der Waals surface area contributed by atoms with Crippen LogP contribution in [0.15, 0.2) is 65.1 Å². The molecular weight excluding hydrogens is 390 g/mol. The number of nitrogens with one attached hydrogen (secondary N) is 1. The zero-order valence-electron chi connectivity index (χ0n) is 15.9. The Morgan fingerprint density at radius 3 is 2.45 bits per heavy atom. The number of nitrogens with zero attached hydrogens (tertiary/aromatic N) is 4. The topological polar surface area (TPSA) is 98.5 Å². The van der Waals surface area contributed by atoms with Gasteiger partial charge >= 0.3 is 5.97 Å². The molecule has 2 aromatic carbocycles. The predicted octanol–water partition coefficient (Wildman–Crippen LogP) is 2.66. The Morgan fingerprint density at radius 1 is 1.14 bits per heavy atom. The van der Waals surface area contributed by atoms with Gasteiger partial charge in [0.05, 0.1) is 18.9 Å². The fourth-order valence-corrected chi connectivity index (χ4v) is 3.20. The first kappa shape index (κ1) is 20.3. The SMILES string of the molecule is COC(=O)c1ccc(/C=N\NC(=O)c2ccc(CSc3nncn3C)cc2)cc1. The number of aryl methyl sites for hydroxylation is 1. The molecule has 148 valence electrons. The molecule has 0 aliphatic heterocycles. The lowest BCUT2D eigenvalue weighted by Gasteiger charge is -2.04. The lowest BCUT2D eigenvalue weighted by atomic mass is 10.1. The van der Waals surface area contributed by atoms with Crippen LogP contribution in [-0.4, -0.2) is 40.0 Å². The van der Waals surface area contributed by atoms with E-state index in [-0.39, 0.29) is 5.91 Å². The molecule has 0 atom stereocenters. The van der Waals surface area contributed by atoms with Gasteiger partial charge in [0, 0.05) is 18.4 Å². The molecule has 1 heterocycles. The number of hydrogen-bond acceptors (Lipinski definition) is 7. The lowest BCUT2D eigenvalue weighted by Crippen LogP contribution is -2.17. The smallest absolute Gasteiger partial charge is 0.337 e. The van der Waals surface area contributed by atoms with Crippen LogP contribution in [0, 0.1) is 0 Å². The summed E-state index contributed by atoms with van der Waals surface area (Å²) in [6.07, 6.45) is 3.16. The Morgan fingerprint density at radius 2 is 1.83 bits per heavy atom. The molecule has 3 aromatic rings. The summed E-state index contributed by atoms with van der Waals surface area (Å²) in [5, 5.41) is 12.7. The van der Waals surface area contributed by atoms with Gasteiger partial charge in [0.2, 0.25) is 0 Å². The Hall–Kier alpha value is -3.46. The van der Waals surface area contributed by atoms with Crippen LogP contribution in [0.3, 0.4) is 0 Å². The normalized spacial score (nSPS) is 10.8. The van der Waals surface area contributed by atoms with E-state index in [1.807, 2.05) is 23.7 Å². The van der Waals surface area contributed by atoms with Gasteiger partial charge in [0.1, 0.15) is 6.33 Å². The molecule has 0 bridgehead atoms. The number of carbonyl (C=O) groups excluding carboxylic acids is 2. The van der Waals surface area contributed by atoms with Crippen molar-refractivity contribution in [1.82, 2.24) is 20.2 Å². The van der Waals surface area contributed by atoms with Crippen molar-refractivity contribution in [2.75, 3.05) is 7.11 Å². The van der Waals surface area contributed by atoms with Crippen LogP contribution >= 0.6 is 11.8 Å². The molecule has 0 spiro atoms. The summed E-state index contributed by atoms with van der Waals surface area (Å²) in [5.74, 6) is 0.0221. The van der Waals surface area contributed by atoms with Crippen LogP contribution in [0.2, 0.25) is 0 Å². The third-order valence-electron chi connectivity index (χ3n) is 3.97. The number of aromatic nitrogens is 3. The summed E-state index contributed by atoms with van der Waals surface area (Å²) >= 11 is 1.57. The second-order valence-corrected chi connectivity index (χ2v) is 6.97. The predicted molar refractivity (Wildman–Crippen MR) is 110 cm³/mol. The van der Waals surface area contributed by atoms with Gasteiger partial charge in [0.25, 0.3) is 5.91 Å². The Balaban J connectivity index is 1.52. The van der Waals surface area contributed by atoms with E-state index in [9.17, 15) is 9.59 Å². The second kappa shape index (κ2) is 9.65. The molecule has 1 aromatic heterocycles. The van der Waals surface area contributed by atoms with Crippen molar-refractivity contribution in [1.29, 1.82) is 0 Å². The minimum absolute atomic E-state index is 0.306. The summed E-state index contributed by atoms with van der Waals surface area (Å²) in [6.45, 7) is 0. The van der Waals surface area contributed by atoms with Gasteiger partial charge in [-0.15, -0.1) is 10.2 Å². The molecule has 0 radical (unpaired) electrons. The van der Waals surface area contributed by atoms with Crippen molar-refractivity contribution in [2.24, 2.45) is 12.1 Å². The first-order chi connectivity index (χ1) is 14.1. The molecule has 8 nitrogen and oxygen atoms in total. The van der Waals surface area contributed by atoms with E-state index >= 15 is 0 Å². The van der Waals surface area contributed by atoms with Crippen LogP contribution in [0.5, 0.6) is 0 Å². The molecule has 0 unspecified atom stereocenters. The van der Waals surface area contributed by atoms with E-state index in [0.717, 1.165) is 22.0 Å². The summed E-state index contributed by atoms with van der Waals surface area (Å²) in [6, 6.07) is 14.0. The number of amides is 1. The number of benzene rings is 2. The van der Waals surface area contributed by atoms with Crippen molar-refractivity contribution >= 4 is 29.9 Å². The first-order valence-corrected chi connectivity index (χ1v) is 9.63. The van der Waals surface area contributed by atoms with Crippen LogP contribution in [0.4, 0.5) is 0 Å². The van der Waals surface area contributed by atoms with E-state index in [4.69, 9.17) is 0 Å². The van der Waals surface area contributed by atoms with Gasteiger partial charge in [0.15, 0.2) is 5.16 Å². The molecule has 0 fully saturated rings. The average molecular weight is 409 g/mol. The fourth-order valence-electron chi connectivity index (χ4n) is 2.36. The number of esters is 1. The molecule has 0 aliphatic carbocycles. The maximum atomic E-state index is 12.2. The first-order valence-electron chi connectivity index (χ1n) is 8.64. The standard InChI is InChI=1S/C20H19N5O3S/c1-25-13-22-24-20(25)29-12-15-5-7-16(8-6-15)18(26)23-21-11-14-3-9-17(10-4-14)19(27)28-2/h3-11,13H,12H2,1-2H3,(H,23,26)/b21-11-. The van der Waals surface area contributed by atoms with Gasteiger partial charge in [-0.3, -0.25) is 4.79 Å². The maximum Gasteiger partial charge on any atom is 0.337 e. The molecule has 1 amide bonds. The summed E-state index contributed by atoms with van der Waals surface area (Å²) in [4.78, 5) is 23.6. The zero-order chi connectivity index (χ0) is 20.6. The van der Waals surface area contributed by atoms with Crippen molar-refractivity contribution in [3.63, 3.8) is 0 Å². The minimum atomic E-state index is -0.403. The van der Waals surface area contributed by atoms with Crippen molar-refractivity contribution < 1.29 is 14.3 Å². The van der Waals surface area contributed by atoms with E-state index in [2.05, 4.69) is 25.5 Å². The van der Waals surface area contributed by atoms with Crippen LogP contribution in [0.25, 0.3) is 0 Å². The highest BCUT2D eigenvalue weighted by atomic mass is 32.2. The van der Waals surface area contributed by atoms with Crippen LogP contribution < -0.4 is 5.43 Å². The largest absolute Gasteiger partial charge is 0.465 e. The number of carbonyl (C=O) groups is 2. The monoisotopic (exact) mass is 409 g/mol. The van der Waals surface area contributed by atoms with E-state index in [1.165, 1.54) is 13.3 Å². The molecule has 0 saturated carbocycles. The van der Waals surface area contributed by atoms with Crippen molar-refractivity contribution in [3.05, 3.63) is 77.1 Å². The molecular formula is C20H19N5O3S. The van der Waals surface area contributed by atoms with Crippen molar-refractivity contribution in [2.45, 2.75) is 10.9 Å². The highest BCUT2D eigenvalue weighted by molar-refractivity contribution is 7.98. The number of hydrazone groups is 1. The number of ether oxygens (including phenoxy) is 1.